The van der Waals surface area contributed by atoms with Gasteiger partial charge in [0.15, 0.2) is 0 Å². The second-order valence-corrected chi connectivity index (χ2v) is 6.11. The summed E-state index contributed by atoms with van der Waals surface area (Å²) in [4.78, 5) is 14.2. The van der Waals surface area contributed by atoms with Crippen LogP contribution in [-0.4, -0.2) is 37.5 Å². The lowest BCUT2D eigenvalue weighted by molar-refractivity contribution is -0.132. The van der Waals surface area contributed by atoms with Crippen molar-refractivity contribution in [1.29, 1.82) is 0 Å². The highest BCUT2D eigenvalue weighted by atomic mass is 35.5. The standard InChI is InChI=1S/C15H22Cl2N2O/c1-10(2)14(9-18-3)19(4)15(20)8-11-5-6-12(16)13(17)7-11/h5-7,10,14,18H,8-9H2,1-4H3/t14-/m1/s1. The summed E-state index contributed by atoms with van der Waals surface area (Å²) in [5.41, 5.74) is 0.878. The summed E-state index contributed by atoms with van der Waals surface area (Å²) in [6.07, 6.45) is 0.334. The zero-order chi connectivity index (χ0) is 15.3. The maximum atomic E-state index is 12.4. The Morgan fingerprint density at radius 2 is 1.95 bits per heavy atom. The minimum Gasteiger partial charge on any atom is -0.341 e. The molecule has 1 amide bonds. The number of amides is 1. The molecular weight excluding hydrogens is 295 g/mol. The Bertz CT molecular complexity index is 463. The first-order valence-electron chi connectivity index (χ1n) is 6.71. The largest absolute Gasteiger partial charge is 0.341 e. The van der Waals surface area contributed by atoms with Crippen molar-refractivity contribution in [3.8, 4) is 0 Å². The van der Waals surface area contributed by atoms with E-state index in [-0.39, 0.29) is 11.9 Å². The first-order chi connectivity index (χ1) is 9.36. The number of hydrogen-bond acceptors (Lipinski definition) is 2. The lowest BCUT2D eigenvalue weighted by Gasteiger charge is -2.31. The van der Waals surface area contributed by atoms with E-state index in [1.54, 1.807) is 12.1 Å². The summed E-state index contributed by atoms with van der Waals surface area (Å²) >= 11 is 11.9. The van der Waals surface area contributed by atoms with Gasteiger partial charge in [0.1, 0.15) is 0 Å². The number of likely N-dealkylation sites (N-methyl/N-ethyl adjacent to an activating group) is 2. The van der Waals surface area contributed by atoms with Crippen LogP contribution in [0.3, 0.4) is 0 Å². The summed E-state index contributed by atoms with van der Waals surface area (Å²) in [5.74, 6) is 0.475. The predicted octanol–water partition coefficient (Wildman–Crippen LogP) is 3.24. The second kappa shape index (κ2) is 7.87. The van der Waals surface area contributed by atoms with Crippen LogP contribution in [0.2, 0.25) is 10.0 Å². The molecule has 0 aliphatic carbocycles. The summed E-state index contributed by atoms with van der Waals surface area (Å²) < 4.78 is 0. The molecule has 112 valence electrons. The fourth-order valence-corrected chi connectivity index (χ4v) is 2.48. The minimum absolute atomic E-state index is 0.0809. The van der Waals surface area contributed by atoms with Crippen LogP contribution >= 0.6 is 23.2 Å². The van der Waals surface area contributed by atoms with Gasteiger partial charge in [-0.3, -0.25) is 4.79 Å². The topological polar surface area (TPSA) is 32.3 Å². The molecular formula is C15H22Cl2N2O. The Hall–Kier alpha value is -0.770. The number of nitrogens with zero attached hydrogens (tertiary/aromatic N) is 1. The number of carbonyl (C=O) groups is 1. The number of rotatable bonds is 6. The number of hydrogen-bond donors (Lipinski definition) is 1. The van der Waals surface area contributed by atoms with Gasteiger partial charge in [0.25, 0.3) is 0 Å². The Morgan fingerprint density at radius 1 is 1.30 bits per heavy atom. The molecule has 5 heteroatoms. The molecule has 0 fully saturated rings. The van der Waals surface area contributed by atoms with Crippen molar-refractivity contribution in [2.75, 3.05) is 20.6 Å². The molecule has 0 unspecified atom stereocenters. The van der Waals surface area contributed by atoms with Gasteiger partial charge in [-0.15, -0.1) is 0 Å². The third-order valence-electron chi connectivity index (χ3n) is 3.41. The van der Waals surface area contributed by atoms with E-state index >= 15 is 0 Å². The Labute approximate surface area is 131 Å². The van der Waals surface area contributed by atoms with Gasteiger partial charge >= 0.3 is 0 Å². The highest BCUT2D eigenvalue weighted by Crippen LogP contribution is 2.23. The predicted molar refractivity (Wildman–Crippen MR) is 85.5 cm³/mol. The zero-order valence-corrected chi connectivity index (χ0v) is 13.9. The van der Waals surface area contributed by atoms with Crippen molar-refractivity contribution in [3.05, 3.63) is 33.8 Å². The van der Waals surface area contributed by atoms with Gasteiger partial charge in [0, 0.05) is 19.6 Å². The first-order valence-corrected chi connectivity index (χ1v) is 7.46. The minimum atomic E-state index is 0.0809. The van der Waals surface area contributed by atoms with Crippen molar-refractivity contribution in [1.82, 2.24) is 10.2 Å². The van der Waals surface area contributed by atoms with Gasteiger partial charge in [0.05, 0.1) is 16.5 Å². The third-order valence-corrected chi connectivity index (χ3v) is 4.15. The van der Waals surface area contributed by atoms with E-state index in [4.69, 9.17) is 23.2 Å². The van der Waals surface area contributed by atoms with Gasteiger partial charge in [-0.05, 0) is 30.7 Å². The van der Waals surface area contributed by atoms with Crippen LogP contribution in [0.25, 0.3) is 0 Å². The number of halogens is 2. The maximum Gasteiger partial charge on any atom is 0.227 e. The van der Waals surface area contributed by atoms with Gasteiger partial charge in [-0.1, -0.05) is 43.1 Å². The lowest BCUT2D eigenvalue weighted by atomic mass is 10.0. The Balaban J connectivity index is 2.75. The highest BCUT2D eigenvalue weighted by molar-refractivity contribution is 6.42. The van der Waals surface area contributed by atoms with E-state index in [0.29, 0.717) is 22.4 Å². The van der Waals surface area contributed by atoms with Crippen molar-refractivity contribution in [2.45, 2.75) is 26.3 Å². The molecule has 0 heterocycles. The first kappa shape index (κ1) is 17.3. The molecule has 0 bridgehead atoms. The molecule has 0 saturated carbocycles. The van der Waals surface area contributed by atoms with E-state index < -0.39 is 0 Å². The quantitative estimate of drug-likeness (QED) is 0.873. The molecule has 0 radical (unpaired) electrons. The summed E-state index contributed by atoms with van der Waals surface area (Å²) in [7, 11) is 3.74. The van der Waals surface area contributed by atoms with Gasteiger partial charge < -0.3 is 10.2 Å². The van der Waals surface area contributed by atoms with Crippen LogP contribution in [-0.2, 0) is 11.2 Å². The smallest absolute Gasteiger partial charge is 0.227 e. The van der Waals surface area contributed by atoms with Crippen LogP contribution in [0.4, 0.5) is 0 Å². The van der Waals surface area contributed by atoms with Crippen molar-refractivity contribution in [2.24, 2.45) is 5.92 Å². The highest BCUT2D eigenvalue weighted by Gasteiger charge is 2.22. The molecule has 3 nitrogen and oxygen atoms in total. The van der Waals surface area contributed by atoms with Gasteiger partial charge in [0.2, 0.25) is 5.91 Å². The van der Waals surface area contributed by atoms with Crippen LogP contribution in [0.5, 0.6) is 0 Å². The fourth-order valence-electron chi connectivity index (χ4n) is 2.16. The average molecular weight is 317 g/mol. The van der Waals surface area contributed by atoms with E-state index in [2.05, 4.69) is 19.2 Å². The van der Waals surface area contributed by atoms with Crippen LogP contribution < -0.4 is 5.32 Å². The maximum absolute atomic E-state index is 12.4. The SMILES string of the molecule is CNC[C@H](C(C)C)N(C)C(=O)Cc1ccc(Cl)c(Cl)c1. The molecule has 0 aliphatic rings. The lowest BCUT2D eigenvalue weighted by Crippen LogP contribution is -2.46. The summed E-state index contributed by atoms with van der Waals surface area (Å²) in [6.45, 7) is 5.01. The van der Waals surface area contributed by atoms with E-state index in [9.17, 15) is 4.79 Å². The number of benzene rings is 1. The normalized spacial score (nSPS) is 12.6. The van der Waals surface area contributed by atoms with Gasteiger partial charge in [-0.2, -0.15) is 0 Å². The fraction of sp³-hybridized carbons (Fsp3) is 0.533. The van der Waals surface area contributed by atoms with E-state index in [0.717, 1.165) is 12.1 Å². The Kier molecular flexibility index (Phi) is 6.80. The van der Waals surface area contributed by atoms with E-state index in [1.165, 1.54) is 0 Å². The van der Waals surface area contributed by atoms with Crippen molar-refractivity contribution < 1.29 is 4.79 Å². The van der Waals surface area contributed by atoms with Crippen LogP contribution in [0.1, 0.15) is 19.4 Å². The molecule has 0 spiro atoms. The molecule has 1 atom stereocenters. The van der Waals surface area contributed by atoms with Crippen molar-refractivity contribution >= 4 is 29.1 Å². The molecule has 1 rings (SSSR count). The van der Waals surface area contributed by atoms with E-state index in [1.807, 2.05) is 25.1 Å². The van der Waals surface area contributed by atoms with Gasteiger partial charge in [-0.25, -0.2) is 0 Å². The molecule has 0 aromatic heterocycles. The van der Waals surface area contributed by atoms with Crippen LogP contribution in [0.15, 0.2) is 18.2 Å². The second-order valence-electron chi connectivity index (χ2n) is 5.30. The summed E-state index contributed by atoms with van der Waals surface area (Å²) in [6, 6.07) is 5.48. The molecule has 0 aliphatic heterocycles. The van der Waals surface area contributed by atoms with Crippen LogP contribution in [0, 0.1) is 5.92 Å². The molecule has 20 heavy (non-hydrogen) atoms. The average Bonchev–Trinajstić information content (AvgIpc) is 2.39. The number of carbonyl (C=O) groups excluding carboxylic acids is 1. The third kappa shape index (κ3) is 4.65. The molecule has 1 aromatic carbocycles. The molecule has 1 aromatic rings. The van der Waals surface area contributed by atoms with Crippen molar-refractivity contribution in [3.63, 3.8) is 0 Å². The summed E-state index contributed by atoms with van der Waals surface area (Å²) in [5, 5.41) is 4.12. The number of nitrogens with one attached hydrogen (secondary N) is 1. The molecule has 0 saturated heterocycles. The Morgan fingerprint density at radius 3 is 2.45 bits per heavy atom. The molecule has 1 N–H and O–H groups in total. The monoisotopic (exact) mass is 316 g/mol. The zero-order valence-electron chi connectivity index (χ0n) is 12.4.